The third kappa shape index (κ3) is 3.73. The lowest BCUT2D eigenvalue weighted by Gasteiger charge is -2.27. The number of amides is 1. The van der Waals surface area contributed by atoms with Gasteiger partial charge in [-0.3, -0.25) is 9.48 Å². The number of hydrogen-bond acceptors (Lipinski definition) is 5. The molecule has 3 aromatic rings. The number of anilines is 1. The average molecular weight is 375 g/mol. The first-order valence-electron chi connectivity index (χ1n) is 9.44. The Kier molecular flexibility index (Phi) is 5.04. The molecule has 28 heavy (non-hydrogen) atoms. The van der Waals surface area contributed by atoms with E-state index in [1.54, 1.807) is 18.2 Å². The van der Waals surface area contributed by atoms with Crippen molar-refractivity contribution in [2.75, 3.05) is 11.9 Å². The van der Waals surface area contributed by atoms with Gasteiger partial charge in [0.1, 0.15) is 17.5 Å². The molecule has 7 nitrogen and oxygen atoms in total. The summed E-state index contributed by atoms with van der Waals surface area (Å²) >= 11 is 0. The van der Waals surface area contributed by atoms with Gasteiger partial charge in [0.05, 0.1) is 11.6 Å². The minimum Gasteiger partial charge on any atom is -0.396 e. The summed E-state index contributed by atoms with van der Waals surface area (Å²) < 4.78 is 2.02. The molecule has 0 unspecified atom stereocenters. The molecule has 0 aliphatic heterocycles. The van der Waals surface area contributed by atoms with Crippen molar-refractivity contribution < 1.29 is 9.90 Å². The van der Waals surface area contributed by atoms with E-state index >= 15 is 0 Å². The smallest absolute Gasteiger partial charge is 0.274 e. The monoisotopic (exact) mass is 375 g/mol. The Morgan fingerprint density at radius 1 is 1.25 bits per heavy atom. The Balaban J connectivity index is 1.50. The lowest BCUT2D eigenvalue weighted by atomic mass is 9.87. The molecule has 4 rings (SSSR count). The molecule has 2 aromatic heterocycles. The summed E-state index contributed by atoms with van der Waals surface area (Å²) in [6.45, 7) is 0.267. The molecule has 142 valence electrons. The second-order valence-electron chi connectivity index (χ2n) is 7.21. The first-order valence-corrected chi connectivity index (χ1v) is 9.44. The topological polar surface area (TPSA) is 104 Å². The number of nitriles is 1. The van der Waals surface area contributed by atoms with Gasteiger partial charge >= 0.3 is 0 Å². The van der Waals surface area contributed by atoms with Crippen LogP contribution in [0.1, 0.15) is 47.9 Å². The summed E-state index contributed by atoms with van der Waals surface area (Å²) in [5, 5.41) is 26.7. The number of aromatic nitrogens is 3. The van der Waals surface area contributed by atoms with Gasteiger partial charge in [0, 0.05) is 23.9 Å². The summed E-state index contributed by atoms with van der Waals surface area (Å²) in [6, 6.07) is 12.7. The molecule has 2 heterocycles. The SMILES string of the molecule is N#Cc1cccc(C(=O)Nc2ccc3nn(C4CCC(CO)CC4)cc3c2)n1. The minimum atomic E-state index is -0.355. The molecule has 2 N–H and O–H groups in total. The van der Waals surface area contributed by atoms with Crippen molar-refractivity contribution in [3.8, 4) is 6.07 Å². The number of carbonyl (C=O) groups excluding carboxylic acids is 1. The van der Waals surface area contributed by atoms with Crippen LogP contribution in [-0.2, 0) is 0 Å². The number of aliphatic hydroxyl groups is 1. The van der Waals surface area contributed by atoms with E-state index in [1.165, 1.54) is 0 Å². The maximum atomic E-state index is 12.4. The molecule has 1 aliphatic carbocycles. The van der Waals surface area contributed by atoms with Crippen LogP contribution in [0.15, 0.2) is 42.6 Å². The van der Waals surface area contributed by atoms with Crippen molar-refractivity contribution in [2.24, 2.45) is 5.92 Å². The quantitative estimate of drug-likeness (QED) is 0.728. The standard InChI is InChI=1S/C21H21N5O2/c22-11-17-2-1-3-20(23-17)21(28)24-16-6-9-19-15(10-16)12-26(25-19)18-7-4-14(13-27)5-8-18/h1-3,6,9-10,12,14,18,27H,4-5,7-8,13H2,(H,24,28). The zero-order valence-corrected chi connectivity index (χ0v) is 15.4. The molecular weight excluding hydrogens is 354 g/mol. The van der Waals surface area contributed by atoms with Gasteiger partial charge in [0.2, 0.25) is 0 Å². The molecule has 0 atom stereocenters. The fourth-order valence-corrected chi connectivity index (χ4v) is 3.72. The van der Waals surface area contributed by atoms with Crippen LogP contribution in [-0.4, -0.2) is 32.4 Å². The van der Waals surface area contributed by atoms with Crippen molar-refractivity contribution in [1.82, 2.24) is 14.8 Å². The van der Waals surface area contributed by atoms with Gasteiger partial charge in [-0.15, -0.1) is 0 Å². The molecule has 7 heteroatoms. The number of aliphatic hydroxyl groups excluding tert-OH is 1. The summed E-state index contributed by atoms with van der Waals surface area (Å²) in [7, 11) is 0. The van der Waals surface area contributed by atoms with Crippen LogP contribution in [0, 0.1) is 17.2 Å². The molecule has 1 aliphatic rings. The highest BCUT2D eigenvalue weighted by atomic mass is 16.3. The normalized spacial score (nSPS) is 19.3. The van der Waals surface area contributed by atoms with Gasteiger partial charge in [-0.2, -0.15) is 10.4 Å². The van der Waals surface area contributed by atoms with Gasteiger partial charge in [0.25, 0.3) is 5.91 Å². The van der Waals surface area contributed by atoms with E-state index in [9.17, 15) is 9.90 Å². The number of pyridine rings is 1. The lowest BCUT2D eigenvalue weighted by molar-refractivity contribution is 0.102. The van der Waals surface area contributed by atoms with E-state index in [0.717, 1.165) is 36.6 Å². The highest BCUT2D eigenvalue weighted by Crippen LogP contribution is 2.32. The number of nitrogens with zero attached hydrogens (tertiary/aromatic N) is 4. The maximum absolute atomic E-state index is 12.4. The minimum absolute atomic E-state index is 0.204. The highest BCUT2D eigenvalue weighted by molar-refractivity contribution is 6.03. The van der Waals surface area contributed by atoms with Crippen molar-refractivity contribution in [3.63, 3.8) is 0 Å². The second-order valence-corrected chi connectivity index (χ2v) is 7.21. The summed E-state index contributed by atoms with van der Waals surface area (Å²) in [5.41, 5.74) is 1.95. The summed E-state index contributed by atoms with van der Waals surface area (Å²) in [4.78, 5) is 16.4. The summed E-state index contributed by atoms with van der Waals surface area (Å²) in [6.07, 6.45) is 6.10. The lowest BCUT2D eigenvalue weighted by Crippen LogP contribution is -2.20. The summed E-state index contributed by atoms with van der Waals surface area (Å²) in [5.74, 6) is 0.0577. The van der Waals surface area contributed by atoms with Crippen LogP contribution >= 0.6 is 0 Å². The van der Waals surface area contributed by atoms with Crippen molar-refractivity contribution >= 4 is 22.5 Å². The third-order valence-corrected chi connectivity index (χ3v) is 5.32. The van der Waals surface area contributed by atoms with E-state index in [4.69, 9.17) is 5.26 Å². The molecule has 0 spiro atoms. The Bertz CT molecular complexity index is 1040. The molecule has 1 fully saturated rings. The van der Waals surface area contributed by atoms with Crippen LogP contribution in [0.4, 0.5) is 5.69 Å². The van der Waals surface area contributed by atoms with Gasteiger partial charge in [-0.1, -0.05) is 6.07 Å². The number of fused-ring (bicyclic) bond motifs is 1. The van der Waals surface area contributed by atoms with Crippen LogP contribution < -0.4 is 5.32 Å². The van der Waals surface area contributed by atoms with Crippen molar-refractivity contribution in [1.29, 1.82) is 5.26 Å². The fraction of sp³-hybridized carbons (Fsp3) is 0.333. The van der Waals surface area contributed by atoms with E-state index < -0.39 is 0 Å². The number of hydrogen-bond donors (Lipinski definition) is 2. The number of nitrogens with one attached hydrogen (secondary N) is 1. The predicted molar refractivity (Wildman–Crippen MR) is 105 cm³/mol. The third-order valence-electron chi connectivity index (χ3n) is 5.32. The molecule has 1 saturated carbocycles. The number of rotatable bonds is 4. The van der Waals surface area contributed by atoms with Crippen LogP contribution in [0.25, 0.3) is 10.9 Å². The molecule has 1 amide bonds. The highest BCUT2D eigenvalue weighted by Gasteiger charge is 2.22. The van der Waals surface area contributed by atoms with Gasteiger partial charge in [0.15, 0.2) is 0 Å². The van der Waals surface area contributed by atoms with E-state index in [0.29, 0.717) is 17.6 Å². The van der Waals surface area contributed by atoms with E-state index in [1.807, 2.05) is 35.1 Å². The first-order chi connectivity index (χ1) is 13.7. The maximum Gasteiger partial charge on any atom is 0.274 e. The first kappa shape index (κ1) is 18.1. The largest absolute Gasteiger partial charge is 0.396 e. The molecule has 0 radical (unpaired) electrons. The second kappa shape index (κ2) is 7.79. The Morgan fingerprint density at radius 3 is 2.82 bits per heavy atom. The molecule has 0 bridgehead atoms. The Labute approximate surface area is 162 Å². The van der Waals surface area contributed by atoms with Crippen molar-refractivity contribution in [3.05, 3.63) is 54.0 Å². The zero-order valence-electron chi connectivity index (χ0n) is 15.4. The van der Waals surface area contributed by atoms with Crippen LogP contribution in [0.5, 0.6) is 0 Å². The van der Waals surface area contributed by atoms with E-state index in [-0.39, 0.29) is 23.9 Å². The predicted octanol–water partition coefficient (Wildman–Crippen LogP) is 3.28. The van der Waals surface area contributed by atoms with Crippen molar-refractivity contribution in [2.45, 2.75) is 31.7 Å². The van der Waals surface area contributed by atoms with E-state index in [2.05, 4.69) is 15.4 Å². The van der Waals surface area contributed by atoms with Gasteiger partial charge in [-0.25, -0.2) is 4.98 Å². The zero-order chi connectivity index (χ0) is 19.5. The Morgan fingerprint density at radius 2 is 2.07 bits per heavy atom. The number of benzene rings is 1. The average Bonchev–Trinajstić information content (AvgIpc) is 3.17. The molecular formula is C21H21N5O2. The van der Waals surface area contributed by atoms with Gasteiger partial charge < -0.3 is 10.4 Å². The number of carbonyl (C=O) groups is 1. The molecule has 0 saturated heterocycles. The van der Waals surface area contributed by atoms with Crippen LogP contribution in [0.2, 0.25) is 0 Å². The Hall–Kier alpha value is -3.24. The van der Waals surface area contributed by atoms with Crippen LogP contribution in [0.3, 0.4) is 0 Å². The molecule has 1 aromatic carbocycles. The fourth-order valence-electron chi connectivity index (χ4n) is 3.72. The van der Waals surface area contributed by atoms with Gasteiger partial charge in [-0.05, 0) is 61.9 Å².